The fraction of sp³-hybridized carbons (Fsp3) is 0.353. The highest BCUT2D eigenvalue weighted by Gasteiger charge is 2.23. The molecular weight excluding hydrogens is 296 g/mol. The highest BCUT2D eigenvalue weighted by atomic mass is 16.5. The van der Waals surface area contributed by atoms with Crippen LogP contribution in [0.15, 0.2) is 36.5 Å². The number of ketones is 1. The quantitative estimate of drug-likeness (QED) is 0.856. The minimum atomic E-state index is -0.503. The van der Waals surface area contributed by atoms with E-state index in [2.05, 4.69) is 10.2 Å². The number of hydrogen-bond acceptors (Lipinski definition) is 5. The first-order chi connectivity index (χ1) is 11.2. The molecular formula is C17H18N2O4. The van der Waals surface area contributed by atoms with E-state index in [0.29, 0.717) is 18.8 Å². The largest absolute Gasteiger partial charge is 0.454 e. The first-order valence-electron chi connectivity index (χ1n) is 7.61. The molecule has 6 heteroatoms. The van der Waals surface area contributed by atoms with Crippen molar-refractivity contribution < 1.29 is 19.1 Å². The van der Waals surface area contributed by atoms with E-state index in [9.17, 15) is 9.59 Å². The summed E-state index contributed by atoms with van der Waals surface area (Å²) in [6.07, 6.45) is 3.31. The van der Waals surface area contributed by atoms with Gasteiger partial charge in [-0.25, -0.2) is 4.79 Å². The van der Waals surface area contributed by atoms with Crippen LogP contribution in [0.1, 0.15) is 23.2 Å². The van der Waals surface area contributed by atoms with Crippen LogP contribution in [0.5, 0.6) is 0 Å². The van der Waals surface area contributed by atoms with Crippen molar-refractivity contribution in [2.75, 3.05) is 19.8 Å². The maximum absolute atomic E-state index is 12.1. The van der Waals surface area contributed by atoms with Gasteiger partial charge in [-0.2, -0.15) is 5.10 Å². The summed E-state index contributed by atoms with van der Waals surface area (Å²) in [5, 5.41) is 6.73. The molecule has 1 saturated heterocycles. The third-order valence-corrected chi connectivity index (χ3v) is 3.87. The van der Waals surface area contributed by atoms with Gasteiger partial charge in [-0.05, 0) is 31.0 Å². The number of benzene rings is 1. The van der Waals surface area contributed by atoms with Crippen molar-refractivity contribution in [3.8, 4) is 11.3 Å². The second kappa shape index (κ2) is 7.19. The van der Waals surface area contributed by atoms with Crippen LogP contribution in [0, 0.1) is 5.92 Å². The van der Waals surface area contributed by atoms with Gasteiger partial charge in [0.25, 0.3) is 0 Å². The fourth-order valence-corrected chi connectivity index (χ4v) is 2.56. The summed E-state index contributed by atoms with van der Waals surface area (Å²) in [6, 6.07) is 8.83. The van der Waals surface area contributed by atoms with E-state index in [1.54, 1.807) is 24.4 Å². The average molecular weight is 314 g/mol. The van der Waals surface area contributed by atoms with Crippen LogP contribution >= 0.6 is 0 Å². The number of hydrogen-bond donors (Lipinski definition) is 1. The standard InChI is InChI=1S/C17H18N2O4/c20-16(14-5-2-8-22-10-14)11-23-17(21)13-4-1-3-12(9-13)15-6-7-18-19-15/h1,3-4,6-7,9,14H,2,5,8,10-11H2,(H,18,19). The highest BCUT2D eigenvalue weighted by molar-refractivity contribution is 5.93. The van der Waals surface area contributed by atoms with Gasteiger partial charge in [0.2, 0.25) is 0 Å². The molecule has 1 unspecified atom stereocenters. The van der Waals surface area contributed by atoms with Crippen LogP contribution < -0.4 is 0 Å². The Morgan fingerprint density at radius 2 is 2.26 bits per heavy atom. The number of Topliss-reactive ketones (excluding diaryl/α,β-unsaturated/α-hetero) is 1. The molecule has 1 aromatic heterocycles. The third kappa shape index (κ3) is 3.84. The monoisotopic (exact) mass is 314 g/mol. The molecule has 1 aliphatic rings. The van der Waals surface area contributed by atoms with Gasteiger partial charge >= 0.3 is 5.97 Å². The lowest BCUT2D eigenvalue weighted by Gasteiger charge is -2.20. The molecule has 3 rings (SSSR count). The summed E-state index contributed by atoms with van der Waals surface area (Å²) < 4.78 is 10.4. The summed E-state index contributed by atoms with van der Waals surface area (Å²) in [7, 11) is 0. The summed E-state index contributed by atoms with van der Waals surface area (Å²) in [5.41, 5.74) is 2.06. The topological polar surface area (TPSA) is 81.3 Å². The minimum Gasteiger partial charge on any atom is -0.454 e. The van der Waals surface area contributed by atoms with Crippen LogP contribution in [0.2, 0.25) is 0 Å². The number of H-pyrrole nitrogens is 1. The first kappa shape index (κ1) is 15.4. The normalized spacial score (nSPS) is 17.7. The van der Waals surface area contributed by atoms with Crippen molar-refractivity contribution >= 4 is 11.8 Å². The summed E-state index contributed by atoms with van der Waals surface area (Å²) in [6.45, 7) is 0.913. The van der Waals surface area contributed by atoms with Crippen LogP contribution in [-0.2, 0) is 14.3 Å². The number of rotatable bonds is 5. The van der Waals surface area contributed by atoms with Gasteiger partial charge in [0.05, 0.1) is 17.9 Å². The van der Waals surface area contributed by atoms with E-state index >= 15 is 0 Å². The number of carbonyl (C=O) groups is 2. The van der Waals surface area contributed by atoms with Crippen molar-refractivity contribution in [1.82, 2.24) is 10.2 Å². The van der Waals surface area contributed by atoms with Gasteiger partial charge in [0, 0.05) is 24.3 Å². The number of aromatic nitrogens is 2. The summed E-state index contributed by atoms with van der Waals surface area (Å²) >= 11 is 0. The Hall–Kier alpha value is -2.47. The molecule has 1 aliphatic heterocycles. The second-order valence-electron chi connectivity index (χ2n) is 5.51. The Morgan fingerprint density at radius 1 is 1.35 bits per heavy atom. The van der Waals surface area contributed by atoms with Crippen LogP contribution in [-0.4, -0.2) is 41.8 Å². The second-order valence-corrected chi connectivity index (χ2v) is 5.51. The van der Waals surface area contributed by atoms with Gasteiger partial charge < -0.3 is 9.47 Å². The van der Waals surface area contributed by atoms with Crippen LogP contribution in [0.25, 0.3) is 11.3 Å². The zero-order chi connectivity index (χ0) is 16.1. The third-order valence-electron chi connectivity index (χ3n) is 3.87. The molecule has 23 heavy (non-hydrogen) atoms. The fourth-order valence-electron chi connectivity index (χ4n) is 2.56. The van der Waals surface area contributed by atoms with Gasteiger partial charge in [0.1, 0.15) is 0 Å². The molecule has 6 nitrogen and oxygen atoms in total. The molecule has 0 spiro atoms. The lowest BCUT2D eigenvalue weighted by Crippen LogP contribution is -2.29. The molecule has 1 aromatic carbocycles. The Kier molecular flexibility index (Phi) is 4.83. The number of nitrogens with zero attached hydrogens (tertiary/aromatic N) is 1. The summed E-state index contributed by atoms with van der Waals surface area (Å²) in [5.74, 6) is -0.743. The molecule has 0 amide bonds. The first-order valence-corrected chi connectivity index (χ1v) is 7.61. The number of esters is 1. The molecule has 120 valence electrons. The van der Waals surface area contributed by atoms with E-state index in [4.69, 9.17) is 9.47 Å². The predicted octanol–water partition coefficient (Wildman–Crippen LogP) is 2.23. The van der Waals surface area contributed by atoms with Gasteiger partial charge in [-0.3, -0.25) is 9.89 Å². The molecule has 1 fully saturated rings. The number of ether oxygens (including phenoxy) is 2. The predicted molar refractivity (Wildman–Crippen MR) is 82.9 cm³/mol. The van der Waals surface area contributed by atoms with Crippen molar-refractivity contribution in [3.63, 3.8) is 0 Å². The van der Waals surface area contributed by atoms with Crippen LogP contribution in [0.4, 0.5) is 0 Å². The van der Waals surface area contributed by atoms with E-state index in [0.717, 1.165) is 24.1 Å². The van der Waals surface area contributed by atoms with Gasteiger partial charge in [-0.15, -0.1) is 0 Å². The molecule has 1 atom stereocenters. The molecule has 0 radical (unpaired) electrons. The maximum Gasteiger partial charge on any atom is 0.338 e. The Bertz CT molecular complexity index is 676. The molecule has 0 saturated carbocycles. The zero-order valence-electron chi connectivity index (χ0n) is 12.7. The molecule has 2 heterocycles. The molecule has 0 aliphatic carbocycles. The summed E-state index contributed by atoms with van der Waals surface area (Å²) in [4.78, 5) is 24.1. The average Bonchev–Trinajstić information content (AvgIpc) is 3.15. The number of aromatic amines is 1. The van der Waals surface area contributed by atoms with E-state index in [1.165, 1.54) is 0 Å². The van der Waals surface area contributed by atoms with E-state index < -0.39 is 5.97 Å². The van der Waals surface area contributed by atoms with Gasteiger partial charge in [-0.1, -0.05) is 12.1 Å². The maximum atomic E-state index is 12.1. The number of nitrogens with one attached hydrogen (secondary N) is 1. The van der Waals surface area contributed by atoms with Crippen molar-refractivity contribution in [2.24, 2.45) is 5.92 Å². The SMILES string of the molecule is O=C(OCC(=O)C1CCCOC1)c1cccc(-c2ccn[nH]2)c1. The van der Waals surface area contributed by atoms with Crippen LogP contribution in [0.3, 0.4) is 0 Å². The van der Waals surface area contributed by atoms with E-state index in [1.807, 2.05) is 12.1 Å². The lowest BCUT2D eigenvalue weighted by atomic mass is 9.98. The molecule has 0 bridgehead atoms. The Morgan fingerprint density at radius 3 is 3.00 bits per heavy atom. The highest BCUT2D eigenvalue weighted by Crippen LogP contribution is 2.18. The molecule has 2 aromatic rings. The van der Waals surface area contributed by atoms with Crippen molar-refractivity contribution in [3.05, 3.63) is 42.1 Å². The van der Waals surface area contributed by atoms with E-state index in [-0.39, 0.29) is 18.3 Å². The Balaban J connectivity index is 1.60. The number of carbonyl (C=O) groups excluding carboxylic acids is 2. The Labute approximate surface area is 133 Å². The lowest BCUT2D eigenvalue weighted by molar-refractivity contribution is -0.129. The smallest absolute Gasteiger partial charge is 0.338 e. The minimum absolute atomic E-state index is 0.0808. The van der Waals surface area contributed by atoms with Crippen molar-refractivity contribution in [2.45, 2.75) is 12.8 Å². The van der Waals surface area contributed by atoms with Gasteiger partial charge in [0.15, 0.2) is 12.4 Å². The molecule has 1 N–H and O–H groups in total. The zero-order valence-corrected chi connectivity index (χ0v) is 12.7. The van der Waals surface area contributed by atoms with Crippen molar-refractivity contribution in [1.29, 1.82) is 0 Å².